The number of nitrogens with two attached hydrogens (primary N) is 1. The van der Waals surface area contributed by atoms with Gasteiger partial charge in [-0.15, -0.1) is 0 Å². The topological polar surface area (TPSA) is 84.7 Å². The number of halogens is 2. The highest BCUT2D eigenvalue weighted by Crippen LogP contribution is 2.24. The fourth-order valence-electron chi connectivity index (χ4n) is 2.02. The average molecular weight is 338 g/mol. The number of hydrogen-bond acceptors (Lipinski definition) is 5. The summed E-state index contributed by atoms with van der Waals surface area (Å²) in [7, 11) is -3.98. The van der Waals surface area contributed by atoms with Crippen molar-refractivity contribution in [3.8, 4) is 0 Å². The Bertz CT molecular complexity index is 606. The van der Waals surface area contributed by atoms with E-state index >= 15 is 0 Å². The summed E-state index contributed by atoms with van der Waals surface area (Å²) in [6.07, 6.45) is 0. The van der Waals surface area contributed by atoms with Gasteiger partial charge in [0.2, 0.25) is 10.0 Å². The SMILES string of the molecule is Nc1cc(Cl)cc(S(=O)(=O)NCCN2CCOCC2)c1F. The van der Waals surface area contributed by atoms with Crippen LogP contribution in [0.1, 0.15) is 0 Å². The minimum absolute atomic E-state index is 0.0717. The summed E-state index contributed by atoms with van der Waals surface area (Å²) in [4.78, 5) is 1.53. The van der Waals surface area contributed by atoms with Crippen LogP contribution in [0.15, 0.2) is 17.0 Å². The van der Waals surface area contributed by atoms with Gasteiger partial charge in [0.25, 0.3) is 0 Å². The molecule has 1 heterocycles. The fraction of sp³-hybridized carbons (Fsp3) is 0.500. The average Bonchev–Trinajstić information content (AvgIpc) is 2.43. The van der Waals surface area contributed by atoms with E-state index in [4.69, 9.17) is 22.1 Å². The first-order valence-electron chi connectivity index (χ1n) is 6.44. The molecule has 1 aromatic carbocycles. The number of morpholine rings is 1. The van der Waals surface area contributed by atoms with E-state index < -0.39 is 20.7 Å². The highest BCUT2D eigenvalue weighted by Gasteiger charge is 2.22. The van der Waals surface area contributed by atoms with Crippen molar-refractivity contribution in [2.24, 2.45) is 0 Å². The molecule has 118 valence electrons. The molecular weight excluding hydrogens is 321 g/mol. The third-order valence-corrected chi connectivity index (χ3v) is 4.82. The molecule has 1 aliphatic heterocycles. The van der Waals surface area contributed by atoms with E-state index in [0.717, 1.165) is 19.2 Å². The Labute approximate surface area is 128 Å². The highest BCUT2D eigenvalue weighted by atomic mass is 35.5. The smallest absolute Gasteiger partial charge is 0.243 e. The van der Waals surface area contributed by atoms with Gasteiger partial charge in [-0.2, -0.15) is 0 Å². The molecule has 3 N–H and O–H groups in total. The first-order valence-corrected chi connectivity index (χ1v) is 8.30. The molecule has 6 nitrogen and oxygen atoms in total. The molecule has 0 saturated carbocycles. The van der Waals surface area contributed by atoms with E-state index in [2.05, 4.69) is 9.62 Å². The zero-order valence-electron chi connectivity index (χ0n) is 11.3. The van der Waals surface area contributed by atoms with Crippen molar-refractivity contribution in [2.45, 2.75) is 4.90 Å². The first kappa shape index (κ1) is 16.4. The normalized spacial score (nSPS) is 17.0. The summed E-state index contributed by atoms with van der Waals surface area (Å²) in [5.74, 6) is -0.988. The van der Waals surface area contributed by atoms with Gasteiger partial charge >= 0.3 is 0 Å². The molecule has 1 fully saturated rings. The zero-order valence-corrected chi connectivity index (χ0v) is 12.9. The van der Waals surface area contributed by atoms with Gasteiger partial charge < -0.3 is 10.5 Å². The maximum atomic E-state index is 13.8. The maximum Gasteiger partial charge on any atom is 0.243 e. The number of anilines is 1. The van der Waals surface area contributed by atoms with Crippen LogP contribution in [0.25, 0.3) is 0 Å². The number of nitrogens with one attached hydrogen (secondary N) is 1. The molecule has 0 spiro atoms. The molecule has 0 aliphatic carbocycles. The molecule has 1 aliphatic rings. The molecule has 9 heteroatoms. The van der Waals surface area contributed by atoms with Gasteiger partial charge in [0, 0.05) is 31.2 Å². The number of rotatable bonds is 5. The van der Waals surface area contributed by atoms with Gasteiger partial charge in [-0.1, -0.05) is 11.6 Å². The van der Waals surface area contributed by atoms with Crippen LogP contribution in [0.3, 0.4) is 0 Å². The van der Waals surface area contributed by atoms with Crippen molar-refractivity contribution >= 4 is 27.3 Å². The number of benzene rings is 1. The van der Waals surface area contributed by atoms with Crippen LogP contribution >= 0.6 is 11.6 Å². The minimum Gasteiger partial charge on any atom is -0.396 e. The van der Waals surface area contributed by atoms with E-state index in [1.165, 1.54) is 6.07 Å². The molecule has 0 radical (unpaired) electrons. The lowest BCUT2D eigenvalue weighted by Crippen LogP contribution is -2.41. The predicted molar refractivity (Wildman–Crippen MR) is 78.3 cm³/mol. The maximum absolute atomic E-state index is 13.8. The minimum atomic E-state index is -3.98. The summed E-state index contributed by atoms with van der Waals surface area (Å²) in [5.41, 5.74) is 5.09. The molecule has 2 rings (SSSR count). The number of sulfonamides is 1. The lowest BCUT2D eigenvalue weighted by molar-refractivity contribution is 0.0390. The van der Waals surface area contributed by atoms with Gasteiger partial charge in [-0.05, 0) is 12.1 Å². The number of hydrogen-bond donors (Lipinski definition) is 2. The summed E-state index contributed by atoms with van der Waals surface area (Å²) >= 11 is 5.72. The Morgan fingerprint density at radius 2 is 2.05 bits per heavy atom. The standard InChI is InChI=1S/C12H17ClFN3O3S/c13-9-7-10(15)12(14)11(8-9)21(18,19)16-1-2-17-3-5-20-6-4-17/h7-8,16H,1-6,15H2. The zero-order chi connectivity index (χ0) is 15.5. The lowest BCUT2D eigenvalue weighted by Gasteiger charge is -2.26. The van der Waals surface area contributed by atoms with E-state index in [1.807, 2.05) is 0 Å². The third-order valence-electron chi connectivity index (χ3n) is 3.15. The van der Waals surface area contributed by atoms with Crippen molar-refractivity contribution in [1.29, 1.82) is 0 Å². The second kappa shape index (κ2) is 6.89. The molecular formula is C12H17ClFN3O3S. The van der Waals surface area contributed by atoms with Crippen molar-refractivity contribution in [2.75, 3.05) is 45.1 Å². The van der Waals surface area contributed by atoms with Crippen LogP contribution in [0.4, 0.5) is 10.1 Å². The van der Waals surface area contributed by atoms with Gasteiger partial charge in [0.15, 0.2) is 5.82 Å². The van der Waals surface area contributed by atoms with Crippen LogP contribution in [-0.4, -0.2) is 52.7 Å². The number of nitrogen functional groups attached to an aromatic ring is 1. The van der Waals surface area contributed by atoms with E-state index in [0.29, 0.717) is 19.8 Å². The largest absolute Gasteiger partial charge is 0.396 e. The van der Waals surface area contributed by atoms with E-state index in [1.54, 1.807) is 0 Å². The number of ether oxygens (including phenoxy) is 1. The molecule has 0 bridgehead atoms. The van der Waals surface area contributed by atoms with Gasteiger partial charge in [0.1, 0.15) is 4.90 Å². The van der Waals surface area contributed by atoms with Crippen LogP contribution in [-0.2, 0) is 14.8 Å². The van der Waals surface area contributed by atoms with E-state index in [9.17, 15) is 12.8 Å². The Balaban J connectivity index is 2.01. The molecule has 1 saturated heterocycles. The van der Waals surface area contributed by atoms with Crippen molar-refractivity contribution in [3.05, 3.63) is 23.0 Å². The van der Waals surface area contributed by atoms with Gasteiger partial charge in [-0.25, -0.2) is 17.5 Å². The van der Waals surface area contributed by atoms with Gasteiger partial charge in [-0.3, -0.25) is 4.90 Å². The summed E-state index contributed by atoms with van der Waals surface area (Å²) in [6.45, 7) is 3.47. The molecule has 21 heavy (non-hydrogen) atoms. The van der Waals surface area contributed by atoms with Crippen LogP contribution < -0.4 is 10.5 Å². The van der Waals surface area contributed by atoms with Crippen LogP contribution in [0.2, 0.25) is 5.02 Å². The van der Waals surface area contributed by atoms with Crippen LogP contribution in [0.5, 0.6) is 0 Å². The molecule has 0 amide bonds. The molecule has 0 aromatic heterocycles. The third kappa shape index (κ3) is 4.27. The predicted octanol–water partition coefficient (Wildman–Crippen LogP) is 0.672. The quantitative estimate of drug-likeness (QED) is 0.772. The van der Waals surface area contributed by atoms with E-state index in [-0.39, 0.29) is 17.3 Å². The first-order chi connectivity index (χ1) is 9.90. The van der Waals surface area contributed by atoms with Crippen LogP contribution in [0, 0.1) is 5.82 Å². The Morgan fingerprint density at radius 1 is 1.38 bits per heavy atom. The second-order valence-electron chi connectivity index (χ2n) is 4.66. The molecule has 0 unspecified atom stereocenters. The second-order valence-corrected chi connectivity index (χ2v) is 6.83. The number of nitrogens with zero attached hydrogens (tertiary/aromatic N) is 1. The van der Waals surface area contributed by atoms with Crippen molar-refractivity contribution in [1.82, 2.24) is 9.62 Å². The summed E-state index contributed by atoms with van der Waals surface area (Å²) in [6, 6.07) is 2.22. The van der Waals surface area contributed by atoms with Gasteiger partial charge in [0.05, 0.1) is 18.9 Å². The summed E-state index contributed by atoms with van der Waals surface area (Å²) in [5, 5.41) is 0.0717. The Hall–Kier alpha value is -0.930. The monoisotopic (exact) mass is 337 g/mol. The molecule has 1 aromatic rings. The lowest BCUT2D eigenvalue weighted by atomic mass is 10.3. The molecule has 0 atom stereocenters. The summed E-state index contributed by atoms with van der Waals surface area (Å²) < 4.78 is 45.6. The Kier molecular flexibility index (Phi) is 5.39. The van der Waals surface area contributed by atoms with Crippen molar-refractivity contribution in [3.63, 3.8) is 0 Å². The highest BCUT2D eigenvalue weighted by molar-refractivity contribution is 7.89. The fourth-order valence-corrected chi connectivity index (χ4v) is 3.46. The van der Waals surface area contributed by atoms with Crippen molar-refractivity contribution < 1.29 is 17.5 Å². The Morgan fingerprint density at radius 3 is 2.71 bits per heavy atom.